The van der Waals surface area contributed by atoms with Crippen LogP contribution in [0.25, 0.3) is 0 Å². The van der Waals surface area contributed by atoms with Crippen LogP contribution in [0.15, 0.2) is 12.1 Å². The number of esters is 1. The van der Waals surface area contributed by atoms with Gasteiger partial charge in [0, 0.05) is 19.1 Å². The van der Waals surface area contributed by atoms with E-state index >= 15 is 0 Å². The lowest BCUT2D eigenvalue weighted by Crippen LogP contribution is -2.16. The van der Waals surface area contributed by atoms with E-state index in [2.05, 4.69) is 10.1 Å². The second-order valence-electron chi connectivity index (χ2n) is 4.52. The van der Waals surface area contributed by atoms with Crippen LogP contribution in [-0.4, -0.2) is 32.8 Å². The van der Waals surface area contributed by atoms with E-state index in [1.165, 1.54) is 13.2 Å². The number of ether oxygens (including phenoxy) is 2. The maximum Gasteiger partial charge on any atom is 0.338 e. The molecule has 0 radical (unpaired) electrons. The monoisotopic (exact) mass is 268 g/mol. The summed E-state index contributed by atoms with van der Waals surface area (Å²) in [6, 6.07) is 2.57. The molecular formula is C13H17FN2O3. The first-order chi connectivity index (χ1) is 9.11. The molecule has 2 rings (SSSR count). The van der Waals surface area contributed by atoms with Crippen molar-refractivity contribution in [3.8, 4) is 0 Å². The molecule has 0 aromatic heterocycles. The molecule has 1 aliphatic heterocycles. The van der Waals surface area contributed by atoms with E-state index in [0.29, 0.717) is 24.8 Å². The maximum absolute atomic E-state index is 13.6. The number of rotatable bonds is 4. The fraction of sp³-hybridized carbons (Fsp3) is 0.462. The molecule has 1 unspecified atom stereocenters. The minimum atomic E-state index is -0.631. The fourth-order valence-corrected chi connectivity index (χ4v) is 2.00. The molecule has 6 heteroatoms. The molecule has 0 bridgehead atoms. The molecule has 1 aromatic rings. The van der Waals surface area contributed by atoms with E-state index in [9.17, 15) is 9.18 Å². The zero-order valence-electron chi connectivity index (χ0n) is 10.7. The summed E-state index contributed by atoms with van der Waals surface area (Å²) in [6.45, 7) is 2.07. The van der Waals surface area contributed by atoms with E-state index in [1.54, 1.807) is 0 Å². The van der Waals surface area contributed by atoms with Crippen molar-refractivity contribution in [2.75, 3.05) is 37.9 Å². The third-order valence-electron chi connectivity index (χ3n) is 3.16. The van der Waals surface area contributed by atoms with Gasteiger partial charge in [0.25, 0.3) is 0 Å². The molecule has 1 heterocycles. The van der Waals surface area contributed by atoms with Crippen LogP contribution >= 0.6 is 0 Å². The number of nitrogens with two attached hydrogens (primary N) is 1. The van der Waals surface area contributed by atoms with E-state index in [0.717, 1.165) is 19.1 Å². The zero-order valence-corrected chi connectivity index (χ0v) is 10.7. The molecule has 19 heavy (non-hydrogen) atoms. The van der Waals surface area contributed by atoms with Crippen molar-refractivity contribution in [3.63, 3.8) is 0 Å². The minimum Gasteiger partial charge on any atom is -0.465 e. The number of halogens is 1. The number of benzene rings is 1. The number of carbonyl (C=O) groups excluding carboxylic acids is 1. The SMILES string of the molecule is COC(=O)c1cc(F)c(N)c(NCC2CCOC2)c1. The van der Waals surface area contributed by atoms with Gasteiger partial charge in [-0.1, -0.05) is 0 Å². The Hall–Kier alpha value is -1.82. The quantitative estimate of drug-likeness (QED) is 0.641. The van der Waals surface area contributed by atoms with Crippen molar-refractivity contribution in [2.24, 2.45) is 5.92 Å². The lowest BCUT2D eigenvalue weighted by molar-refractivity contribution is 0.0600. The van der Waals surface area contributed by atoms with Gasteiger partial charge in [-0.15, -0.1) is 0 Å². The minimum absolute atomic E-state index is 0.00608. The molecule has 1 saturated heterocycles. The standard InChI is InChI=1S/C13H17FN2O3/c1-18-13(17)9-4-10(14)12(15)11(5-9)16-6-8-2-3-19-7-8/h4-5,8,16H,2-3,6-7,15H2,1H3. The molecule has 3 N–H and O–H groups in total. The summed E-state index contributed by atoms with van der Waals surface area (Å²) < 4.78 is 23.5. The third kappa shape index (κ3) is 3.14. The lowest BCUT2D eigenvalue weighted by atomic mass is 10.1. The van der Waals surface area contributed by atoms with Gasteiger partial charge in [0.1, 0.15) is 5.82 Å². The van der Waals surface area contributed by atoms with Gasteiger partial charge in [-0.2, -0.15) is 0 Å². The van der Waals surface area contributed by atoms with Crippen molar-refractivity contribution in [2.45, 2.75) is 6.42 Å². The normalized spacial score (nSPS) is 18.3. The van der Waals surface area contributed by atoms with Crippen molar-refractivity contribution in [1.29, 1.82) is 0 Å². The molecular weight excluding hydrogens is 251 g/mol. The second kappa shape index (κ2) is 5.88. The number of nitrogens with one attached hydrogen (secondary N) is 1. The average molecular weight is 268 g/mol. The van der Waals surface area contributed by atoms with Crippen LogP contribution in [-0.2, 0) is 9.47 Å². The van der Waals surface area contributed by atoms with Crippen LogP contribution in [0, 0.1) is 11.7 Å². The number of nitrogen functional groups attached to an aromatic ring is 1. The molecule has 1 aliphatic rings. The second-order valence-corrected chi connectivity index (χ2v) is 4.52. The Morgan fingerprint density at radius 3 is 3.05 bits per heavy atom. The van der Waals surface area contributed by atoms with Gasteiger partial charge in [-0.3, -0.25) is 0 Å². The molecule has 0 aliphatic carbocycles. The number of hydrogen-bond donors (Lipinski definition) is 2. The van der Waals surface area contributed by atoms with Gasteiger partial charge in [-0.05, 0) is 18.6 Å². The zero-order chi connectivity index (χ0) is 13.8. The molecule has 0 saturated carbocycles. The molecule has 0 amide bonds. The molecule has 1 atom stereocenters. The first-order valence-corrected chi connectivity index (χ1v) is 6.10. The lowest BCUT2D eigenvalue weighted by Gasteiger charge is -2.14. The molecule has 1 fully saturated rings. The summed E-state index contributed by atoms with van der Waals surface area (Å²) in [5.41, 5.74) is 6.21. The van der Waals surface area contributed by atoms with Crippen molar-refractivity contribution >= 4 is 17.3 Å². The summed E-state index contributed by atoms with van der Waals surface area (Å²) in [6.07, 6.45) is 0.964. The van der Waals surface area contributed by atoms with E-state index in [-0.39, 0.29) is 11.3 Å². The summed E-state index contributed by atoms with van der Waals surface area (Å²) in [4.78, 5) is 11.4. The van der Waals surface area contributed by atoms with Gasteiger partial charge in [0.2, 0.25) is 0 Å². The highest BCUT2D eigenvalue weighted by atomic mass is 19.1. The highest BCUT2D eigenvalue weighted by Crippen LogP contribution is 2.25. The number of methoxy groups -OCH3 is 1. The average Bonchev–Trinajstić information content (AvgIpc) is 2.92. The van der Waals surface area contributed by atoms with Gasteiger partial charge in [0.15, 0.2) is 0 Å². The first-order valence-electron chi connectivity index (χ1n) is 6.10. The Kier molecular flexibility index (Phi) is 4.21. The van der Waals surface area contributed by atoms with Crippen LogP contribution in [0.3, 0.4) is 0 Å². The van der Waals surface area contributed by atoms with E-state index in [1.807, 2.05) is 0 Å². The largest absolute Gasteiger partial charge is 0.465 e. The molecule has 5 nitrogen and oxygen atoms in total. The van der Waals surface area contributed by atoms with E-state index in [4.69, 9.17) is 10.5 Å². The van der Waals surface area contributed by atoms with Crippen LogP contribution in [0.1, 0.15) is 16.8 Å². The number of carbonyl (C=O) groups is 1. The number of hydrogen-bond acceptors (Lipinski definition) is 5. The molecule has 104 valence electrons. The summed E-state index contributed by atoms with van der Waals surface area (Å²) in [5, 5.41) is 3.06. The predicted octanol–water partition coefficient (Wildman–Crippen LogP) is 1.64. The van der Waals surface area contributed by atoms with Crippen molar-refractivity contribution < 1.29 is 18.7 Å². The summed E-state index contributed by atoms with van der Waals surface area (Å²) in [7, 11) is 1.25. The molecule has 0 spiro atoms. The summed E-state index contributed by atoms with van der Waals surface area (Å²) >= 11 is 0. The van der Waals surface area contributed by atoms with Gasteiger partial charge in [-0.25, -0.2) is 9.18 Å². The van der Waals surface area contributed by atoms with Gasteiger partial charge < -0.3 is 20.5 Å². The van der Waals surface area contributed by atoms with Crippen LogP contribution in [0.2, 0.25) is 0 Å². The Bertz CT molecular complexity index is 473. The van der Waals surface area contributed by atoms with Crippen molar-refractivity contribution in [3.05, 3.63) is 23.5 Å². The highest BCUT2D eigenvalue weighted by molar-refractivity contribution is 5.92. The Labute approximate surface area is 110 Å². The van der Waals surface area contributed by atoms with E-state index < -0.39 is 11.8 Å². The molecule has 1 aromatic carbocycles. The predicted molar refractivity (Wildman–Crippen MR) is 69.6 cm³/mol. The van der Waals surface area contributed by atoms with Crippen LogP contribution in [0.5, 0.6) is 0 Å². The van der Waals surface area contributed by atoms with Gasteiger partial charge in [0.05, 0.1) is 30.7 Å². The highest BCUT2D eigenvalue weighted by Gasteiger charge is 2.17. The number of anilines is 2. The van der Waals surface area contributed by atoms with Crippen molar-refractivity contribution in [1.82, 2.24) is 0 Å². The summed E-state index contributed by atoms with van der Waals surface area (Å²) in [5.74, 6) is -0.844. The smallest absolute Gasteiger partial charge is 0.338 e. The third-order valence-corrected chi connectivity index (χ3v) is 3.16. The Balaban J connectivity index is 2.13. The van der Waals surface area contributed by atoms with Crippen LogP contribution in [0.4, 0.5) is 15.8 Å². The fourth-order valence-electron chi connectivity index (χ4n) is 2.00. The maximum atomic E-state index is 13.6. The Morgan fingerprint density at radius 2 is 2.42 bits per heavy atom. The topological polar surface area (TPSA) is 73.6 Å². The van der Waals surface area contributed by atoms with Gasteiger partial charge >= 0.3 is 5.97 Å². The first kappa shape index (κ1) is 13.6. The van der Waals surface area contributed by atoms with Crippen LogP contribution < -0.4 is 11.1 Å². The Morgan fingerprint density at radius 1 is 1.63 bits per heavy atom.